The van der Waals surface area contributed by atoms with Gasteiger partial charge in [-0.25, -0.2) is 0 Å². The Morgan fingerprint density at radius 2 is 1.88 bits per heavy atom. The van der Waals surface area contributed by atoms with Gasteiger partial charge in [0.25, 0.3) is 0 Å². The first-order chi connectivity index (χ1) is 12.1. The fourth-order valence-electron chi connectivity index (χ4n) is 3.65. The Labute approximate surface area is 146 Å². The van der Waals surface area contributed by atoms with Gasteiger partial charge in [-0.05, 0) is 43.5 Å². The maximum absolute atomic E-state index is 6.24. The molecule has 4 heteroatoms. The third-order valence-electron chi connectivity index (χ3n) is 4.94. The minimum absolute atomic E-state index is 0.728. The predicted molar refractivity (Wildman–Crippen MR) is 99.8 cm³/mol. The van der Waals surface area contributed by atoms with Gasteiger partial charge in [-0.3, -0.25) is 0 Å². The number of rotatable bonds is 2. The van der Waals surface area contributed by atoms with Crippen LogP contribution in [0.4, 0.5) is 5.69 Å². The standard InChI is InChI=1S/C21H21NO3/c1-12-7-9-14-15(5-4-6-17(14)22)20(24-3)21-19(12)16-10-8-13(23-2)11-18(16)25-21/h4-6,8,10-11H,7,9,22H2,1-3H3. The van der Waals surface area contributed by atoms with E-state index in [9.17, 15) is 0 Å². The normalized spacial score (nSPS) is 13.9. The lowest BCUT2D eigenvalue weighted by Crippen LogP contribution is -2.28. The molecule has 2 N–H and O–H groups in total. The van der Waals surface area contributed by atoms with Crippen molar-refractivity contribution in [2.24, 2.45) is 0 Å². The lowest BCUT2D eigenvalue weighted by atomic mass is 9.94. The highest BCUT2D eigenvalue weighted by molar-refractivity contribution is 5.83. The van der Waals surface area contributed by atoms with Gasteiger partial charge in [0.15, 0.2) is 11.2 Å². The smallest absolute Gasteiger partial charge is 0.177 e. The van der Waals surface area contributed by atoms with Gasteiger partial charge in [-0.2, -0.15) is 0 Å². The number of hydrogen-bond acceptors (Lipinski definition) is 4. The highest BCUT2D eigenvalue weighted by Crippen LogP contribution is 2.28. The van der Waals surface area contributed by atoms with Crippen LogP contribution in [-0.4, -0.2) is 14.2 Å². The molecule has 3 aromatic rings. The molecule has 1 aromatic heterocycles. The maximum Gasteiger partial charge on any atom is 0.177 e. The molecule has 1 aliphatic carbocycles. The molecule has 4 nitrogen and oxygen atoms in total. The van der Waals surface area contributed by atoms with Gasteiger partial charge in [-0.1, -0.05) is 17.7 Å². The molecule has 25 heavy (non-hydrogen) atoms. The van der Waals surface area contributed by atoms with E-state index in [0.717, 1.165) is 62.8 Å². The third kappa shape index (κ3) is 2.37. The van der Waals surface area contributed by atoms with Crippen LogP contribution in [0.15, 0.2) is 40.8 Å². The average Bonchev–Trinajstić information content (AvgIpc) is 2.98. The molecule has 128 valence electrons. The van der Waals surface area contributed by atoms with E-state index in [-0.39, 0.29) is 0 Å². The highest BCUT2D eigenvalue weighted by atomic mass is 16.5. The summed E-state index contributed by atoms with van der Waals surface area (Å²) in [6, 6.07) is 11.9. The molecule has 1 heterocycles. The lowest BCUT2D eigenvalue weighted by molar-refractivity contribution is 0.354. The van der Waals surface area contributed by atoms with Gasteiger partial charge in [0, 0.05) is 27.9 Å². The molecular formula is C21H21NO3. The summed E-state index contributed by atoms with van der Waals surface area (Å²) in [5.41, 5.74) is 12.0. The number of hydrogen-bond donors (Lipinski definition) is 1. The summed E-state index contributed by atoms with van der Waals surface area (Å²) in [4.78, 5) is 0. The van der Waals surface area contributed by atoms with Gasteiger partial charge >= 0.3 is 0 Å². The van der Waals surface area contributed by atoms with Crippen LogP contribution in [0.2, 0.25) is 0 Å². The Morgan fingerprint density at radius 1 is 1.04 bits per heavy atom. The summed E-state index contributed by atoms with van der Waals surface area (Å²) in [6.45, 7) is 2.15. The van der Waals surface area contributed by atoms with Crippen molar-refractivity contribution in [2.75, 3.05) is 20.0 Å². The molecule has 0 atom stereocenters. The minimum Gasteiger partial charge on any atom is -0.497 e. The van der Waals surface area contributed by atoms with Crippen molar-refractivity contribution in [3.05, 3.63) is 58.2 Å². The van der Waals surface area contributed by atoms with E-state index in [1.807, 2.05) is 30.3 Å². The topological polar surface area (TPSA) is 57.6 Å². The largest absolute Gasteiger partial charge is 0.497 e. The highest BCUT2D eigenvalue weighted by Gasteiger charge is 2.19. The van der Waals surface area contributed by atoms with Crippen molar-refractivity contribution < 1.29 is 13.9 Å². The summed E-state index contributed by atoms with van der Waals surface area (Å²) >= 11 is 0. The van der Waals surface area contributed by atoms with Crippen LogP contribution in [0.1, 0.15) is 24.5 Å². The van der Waals surface area contributed by atoms with Crippen molar-refractivity contribution in [3.8, 4) is 5.75 Å². The molecule has 0 fully saturated rings. The zero-order valence-electron chi connectivity index (χ0n) is 14.7. The van der Waals surface area contributed by atoms with E-state index in [0.29, 0.717) is 0 Å². The summed E-state index contributed by atoms with van der Waals surface area (Å²) in [5, 5.41) is 2.19. The first kappa shape index (κ1) is 15.6. The third-order valence-corrected chi connectivity index (χ3v) is 4.94. The van der Waals surface area contributed by atoms with Crippen LogP contribution in [0.5, 0.6) is 5.75 Å². The van der Waals surface area contributed by atoms with E-state index in [4.69, 9.17) is 19.6 Å². The fraction of sp³-hybridized carbons (Fsp3) is 0.238. The summed E-state index contributed by atoms with van der Waals surface area (Å²) in [5.74, 6) is 1.50. The molecule has 1 aliphatic rings. The quantitative estimate of drug-likeness (QED) is 0.732. The van der Waals surface area contributed by atoms with Gasteiger partial charge < -0.3 is 19.6 Å². The molecule has 0 saturated carbocycles. The molecule has 0 saturated heterocycles. The van der Waals surface area contributed by atoms with Crippen molar-refractivity contribution in [1.82, 2.24) is 0 Å². The van der Waals surface area contributed by atoms with Crippen molar-refractivity contribution in [2.45, 2.75) is 19.8 Å². The molecule has 0 spiro atoms. The van der Waals surface area contributed by atoms with Gasteiger partial charge in [0.05, 0.1) is 14.2 Å². The first-order valence-corrected chi connectivity index (χ1v) is 8.36. The SMILES string of the molecule is COC1=c2oc3cc(OC)ccc3c2=C(C)CCc2c(N)cccc21. The molecule has 0 amide bonds. The number of anilines is 1. The van der Waals surface area contributed by atoms with Crippen LogP contribution < -0.4 is 21.1 Å². The van der Waals surface area contributed by atoms with E-state index in [1.54, 1.807) is 14.2 Å². The van der Waals surface area contributed by atoms with Crippen LogP contribution in [0, 0.1) is 0 Å². The zero-order valence-corrected chi connectivity index (χ0v) is 14.7. The summed E-state index contributed by atoms with van der Waals surface area (Å²) in [7, 11) is 3.33. The molecule has 0 bridgehead atoms. The van der Waals surface area contributed by atoms with Crippen LogP contribution in [-0.2, 0) is 11.2 Å². The molecule has 0 aliphatic heterocycles. The molecule has 4 rings (SSSR count). The number of fused-ring (bicyclic) bond motifs is 4. The van der Waals surface area contributed by atoms with Gasteiger partial charge in [0.1, 0.15) is 11.3 Å². The number of ether oxygens (including phenoxy) is 2. The molecule has 0 radical (unpaired) electrons. The average molecular weight is 335 g/mol. The second-order valence-corrected chi connectivity index (χ2v) is 6.36. The first-order valence-electron chi connectivity index (χ1n) is 8.36. The van der Waals surface area contributed by atoms with E-state index in [1.165, 1.54) is 5.57 Å². The van der Waals surface area contributed by atoms with E-state index >= 15 is 0 Å². The summed E-state index contributed by atoms with van der Waals surface area (Å²) in [6.07, 6.45) is 1.80. The van der Waals surface area contributed by atoms with Crippen LogP contribution in [0.25, 0.3) is 22.3 Å². The predicted octanol–water partition coefficient (Wildman–Crippen LogP) is 2.94. The number of nitrogens with two attached hydrogens (primary N) is 1. The van der Waals surface area contributed by atoms with Crippen LogP contribution in [0.3, 0.4) is 0 Å². The maximum atomic E-state index is 6.24. The Balaban J connectivity index is 2.20. The number of nitrogen functional groups attached to an aromatic ring is 1. The second-order valence-electron chi connectivity index (χ2n) is 6.36. The van der Waals surface area contributed by atoms with Crippen molar-refractivity contribution in [1.29, 1.82) is 0 Å². The molecular weight excluding hydrogens is 314 g/mol. The number of furan rings is 1. The van der Waals surface area contributed by atoms with E-state index < -0.39 is 0 Å². The monoisotopic (exact) mass is 335 g/mol. The Bertz CT molecular complexity index is 1090. The number of benzene rings is 2. The van der Waals surface area contributed by atoms with Crippen molar-refractivity contribution >= 4 is 28.0 Å². The van der Waals surface area contributed by atoms with Crippen LogP contribution >= 0.6 is 0 Å². The molecule has 0 unspecified atom stereocenters. The molecule has 2 aromatic carbocycles. The fourth-order valence-corrected chi connectivity index (χ4v) is 3.65. The Kier molecular flexibility index (Phi) is 3.68. The van der Waals surface area contributed by atoms with Gasteiger partial charge in [0.2, 0.25) is 0 Å². The zero-order chi connectivity index (χ0) is 17.6. The number of methoxy groups -OCH3 is 2. The Hall–Kier alpha value is -2.88. The Morgan fingerprint density at radius 3 is 2.64 bits per heavy atom. The minimum atomic E-state index is 0.728. The second kappa shape index (κ2) is 5.88. The summed E-state index contributed by atoms with van der Waals surface area (Å²) < 4.78 is 17.4. The van der Waals surface area contributed by atoms with E-state index in [2.05, 4.69) is 13.0 Å². The van der Waals surface area contributed by atoms with Gasteiger partial charge in [-0.15, -0.1) is 0 Å². The van der Waals surface area contributed by atoms with Crippen molar-refractivity contribution in [3.63, 3.8) is 0 Å². The lowest BCUT2D eigenvalue weighted by Gasteiger charge is -2.16.